The molecule has 3 N–H and O–H groups in total. The standard InChI is InChI=1S/C42H51N7O8S/c1-3-27-21-42(27,40(52)46-58(54,55)30-14-15-30)45-37(50)33-20-29-24-49(33)39(51)35(26-10-4-5-11-26)44-41(53)48-18-16-28(23-48)56-19-9-8-17-47-22-25(2)34-31-12-6-7-13-32(31)43-38(57-29)36(34)47/h3,6-9,12-13,22,26-30,33,35H,1,4-5,10-11,14-21,23-24H2,2H3,(H,44,53)(H,45,50)(H,46,52)/b9-8-/t27-,28+,29-,33+,35+,42-/m1/s1. The fourth-order valence-electron chi connectivity index (χ4n) is 9.56. The van der Waals surface area contributed by atoms with Gasteiger partial charge in [0.15, 0.2) is 0 Å². The van der Waals surface area contributed by atoms with Crippen LogP contribution in [-0.2, 0) is 35.7 Å². The fraction of sp³-hybridized carbons (Fsp3) is 0.548. The van der Waals surface area contributed by atoms with Crippen molar-refractivity contribution < 1.29 is 37.1 Å². The quantitative estimate of drug-likeness (QED) is 0.301. The fourth-order valence-corrected chi connectivity index (χ4v) is 10.9. The predicted molar refractivity (Wildman–Crippen MR) is 215 cm³/mol. The Morgan fingerprint density at radius 3 is 2.60 bits per heavy atom. The smallest absolute Gasteiger partial charge is 0.318 e. The molecule has 0 radical (unpaired) electrons. The van der Waals surface area contributed by atoms with Gasteiger partial charge < -0.3 is 34.5 Å². The summed E-state index contributed by atoms with van der Waals surface area (Å²) < 4.78 is 42.9. The van der Waals surface area contributed by atoms with E-state index < -0.39 is 62.6 Å². The van der Waals surface area contributed by atoms with Gasteiger partial charge in [0.1, 0.15) is 29.2 Å². The van der Waals surface area contributed by atoms with Crippen LogP contribution in [0.25, 0.3) is 21.8 Å². The summed E-state index contributed by atoms with van der Waals surface area (Å²) in [5.74, 6) is -2.10. The van der Waals surface area contributed by atoms with E-state index >= 15 is 0 Å². The molecule has 3 aliphatic carbocycles. The number of ether oxygens (including phenoxy) is 2. The number of hydrogen-bond acceptors (Lipinski definition) is 9. The molecule has 4 bridgehead atoms. The molecule has 2 aromatic heterocycles. The van der Waals surface area contributed by atoms with E-state index in [0.29, 0.717) is 51.4 Å². The molecule has 6 aliphatic rings. The molecule has 3 saturated carbocycles. The second kappa shape index (κ2) is 15.0. The second-order valence-corrected chi connectivity index (χ2v) is 18.9. The lowest BCUT2D eigenvalue weighted by molar-refractivity contribution is -0.142. The van der Waals surface area contributed by atoms with Crippen molar-refractivity contribution in [2.75, 3.05) is 26.2 Å². The number of benzene rings is 1. The lowest BCUT2D eigenvalue weighted by Crippen LogP contribution is -2.59. The number of carbonyl (C=O) groups is 4. The second-order valence-electron chi connectivity index (χ2n) is 16.9. The van der Waals surface area contributed by atoms with E-state index in [2.05, 4.69) is 39.6 Å². The molecule has 0 spiro atoms. The number of allylic oxidation sites excluding steroid dienone is 1. The highest BCUT2D eigenvalue weighted by atomic mass is 32.2. The van der Waals surface area contributed by atoms with Crippen LogP contribution in [0.15, 0.2) is 55.3 Å². The molecule has 3 aromatic rings. The van der Waals surface area contributed by atoms with Crippen molar-refractivity contribution in [1.29, 1.82) is 0 Å². The van der Waals surface area contributed by atoms with Gasteiger partial charge in [-0.25, -0.2) is 18.2 Å². The summed E-state index contributed by atoms with van der Waals surface area (Å²) in [5, 5.41) is 7.29. The van der Waals surface area contributed by atoms with Crippen molar-refractivity contribution in [3.05, 3.63) is 60.8 Å². The maximum Gasteiger partial charge on any atom is 0.318 e. The lowest BCUT2D eigenvalue weighted by atomic mass is 9.96. The Morgan fingerprint density at radius 1 is 1.05 bits per heavy atom. The zero-order valence-corrected chi connectivity index (χ0v) is 33.5. The first kappa shape index (κ1) is 38.6. The van der Waals surface area contributed by atoms with Crippen LogP contribution in [0, 0.1) is 18.8 Å². The minimum Gasteiger partial charge on any atom is -0.471 e. The maximum atomic E-state index is 15.0. The first-order valence-corrected chi connectivity index (χ1v) is 22.2. The molecule has 2 saturated heterocycles. The van der Waals surface area contributed by atoms with E-state index in [1.807, 2.05) is 36.4 Å². The van der Waals surface area contributed by atoms with Crippen LogP contribution in [0.5, 0.6) is 5.88 Å². The molecule has 308 valence electrons. The van der Waals surface area contributed by atoms with Crippen molar-refractivity contribution in [1.82, 2.24) is 34.7 Å². The minimum atomic E-state index is -3.90. The Bertz CT molecular complexity index is 2320. The Kier molecular flexibility index (Phi) is 9.98. The Morgan fingerprint density at radius 2 is 1.84 bits per heavy atom. The predicted octanol–water partition coefficient (Wildman–Crippen LogP) is 3.44. The summed E-state index contributed by atoms with van der Waals surface area (Å²) in [5.41, 5.74) is 1.03. The van der Waals surface area contributed by atoms with Gasteiger partial charge in [0.25, 0.3) is 5.91 Å². The third-order valence-corrected chi connectivity index (χ3v) is 14.8. The zero-order valence-electron chi connectivity index (χ0n) is 32.7. The van der Waals surface area contributed by atoms with Crippen molar-refractivity contribution in [3.63, 3.8) is 0 Å². The number of hydrogen-bond donors (Lipinski definition) is 3. The van der Waals surface area contributed by atoms with Crippen molar-refractivity contribution >= 4 is 55.6 Å². The molecule has 3 aliphatic heterocycles. The molecule has 0 unspecified atom stereocenters. The van der Waals surface area contributed by atoms with Crippen LogP contribution in [0.3, 0.4) is 0 Å². The van der Waals surface area contributed by atoms with Crippen molar-refractivity contribution in [3.8, 4) is 5.88 Å². The number of sulfonamides is 1. The molecule has 5 heterocycles. The van der Waals surface area contributed by atoms with Crippen LogP contribution in [0.2, 0.25) is 0 Å². The lowest BCUT2D eigenvalue weighted by Gasteiger charge is -2.33. The number of aryl methyl sites for hydroxylation is 1. The number of nitrogens with zero attached hydrogens (tertiary/aromatic N) is 4. The minimum absolute atomic E-state index is 0.0192. The number of rotatable bonds is 7. The summed E-state index contributed by atoms with van der Waals surface area (Å²) in [6.07, 6.45) is 11.9. The number of fused-ring (bicyclic) bond motifs is 6. The van der Waals surface area contributed by atoms with Gasteiger partial charge in [0.05, 0.1) is 30.0 Å². The number of nitrogens with one attached hydrogen (secondary N) is 3. The van der Waals surface area contributed by atoms with Crippen LogP contribution < -0.4 is 20.1 Å². The Balaban J connectivity index is 1.09. The molecule has 5 amide bonds. The number of aromatic nitrogens is 2. The average Bonchev–Trinajstić information content (AvgIpc) is 3.88. The van der Waals surface area contributed by atoms with E-state index in [0.717, 1.165) is 53.1 Å². The molecule has 1 aromatic carbocycles. The van der Waals surface area contributed by atoms with Crippen LogP contribution in [-0.4, -0.2) is 113 Å². The summed E-state index contributed by atoms with van der Waals surface area (Å²) in [4.78, 5) is 65.3. The highest BCUT2D eigenvalue weighted by Crippen LogP contribution is 2.46. The normalized spacial score (nSPS) is 30.0. The van der Waals surface area contributed by atoms with E-state index in [-0.39, 0.29) is 37.4 Å². The number of amides is 5. The van der Waals surface area contributed by atoms with Crippen LogP contribution in [0.4, 0.5) is 4.79 Å². The van der Waals surface area contributed by atoms with Gasteiger partial charge in [0.2, 0.25) is 27.7 Å². The number of para-hydroxylation sites is 1. The zero-order chi connectivity index (χ0) is 40.3. The molecule has 15 nitrogen and oxygen atoms in total. The molecule has 5 fully saturated rings. The molecular weight excluding hydrogens is 763 g/mol. The highest BCUT2D eigenvalue weighted by molar-refractivity contribution is 7.91. The van der Waals surface area contributed by atoms with Crippen molar-refractivity contribution in [2.24, 2.45) is 11.8 Å². The van der Waals surface area contributed by atoms with E-state index in [1.54, 1.807) is 4.90 Å². The Labute approximate surface area is 337 Å². The van der Waals surface area contributed by atoms with Gasteiger partial charge in [-0.2, -0.15) is 0 Å². The van der Waals surface area contributed by atoms with Gasteiger partial charge in [-0.15, -0.1) is 6.58 Å². The van der Waals surface area contributed by atoms with Crippen LogP contribution >= 0.6 is 0 Å². The van der Waals surface area contributed by atoms with Gasteiger partial charge >= 0.3 is 6.03 Å². The average molecular weight is 814 g/mol. The van der Waals surface area contributed by atoms with Gasteiger partial charge in [0, 0.05) is 48.9 Å². The third-order valence-electron chi connectivity index (χ3n) is 13.0. The van der Waals surface area contributed by atoms with Crippen molar-refractivity contribution in [2.45, 2.75) is 106 Å². The van der Waals surface area contributed by atoms with Crippen LogP contribution in [0.1, 0.15) is 63.4 Å². The van der Waals surface area contributed by atoms with Gasteiger partial charge in [-0.3, -0.25) is 19.1 Å². The first-order valence-electron chi connectivity index (χ1n) is 20.6. The number of carbonyl (C=O) groups excluding carboxylic acids is 4. The van der Waals surface area contributed by atoms with Gasteiger partial charge in [-0.05, 0) is 63.0 Å². The summed E-state index contributed by atoms with van der Waals surface area (Å²) in [6, 6.07) is 5.50. The number of pyridine rings is 1. The summed E-state index contributed by atoms with van der Waals surface area (Å²) in [7, 11) is -3.90. The third kappa shape index (κ3) is 7.11. The number of urea groups is 1. The molecule has 9 rings (SSSR count). The topological polar surface area (TPSA) is 181 Å². The maximum absolute atomic E-state index is 15.0. The first-order chi connectivity index (χ1) is 28.0. The SMILES string of the molecule is C=C[C@@H]1C[C@]1(NC(=O)[C@@H]1C[C@@H]2CN1C(=O)[C@H](C1CCCC1)NC(=O)N1CC[C@@H](C1)OC/C=C\Cn1cc(C)c3c4ccccc4nc(c31)O2)C(=O)NS(=O)(=O)C1CC1. The summed E-state index contributed by atoms with van der Waals surface area (Å²) in [6.45, 7) is 7.68. The monoisotopic (exact) mass is 813 g/mol. The Hall–Kier alpha value is -4.96. The molecule has 16 heteroatoms. The molecular formula is C42H51N7O8S. The van der Waals surface area contributed by atoms with E-state index in [1.165, 1.54) is 11.0 Å². The largest absolute Gasteiger partial charge is 0.471 e. The van der Waals surface area contributed by atoms with E-state index in [4.69, 9.17) is 14.5 Å². The summed E-state index contributed by atoms with van der Waals surface area (Å²) >= 11 is 0. The molecule has 6 atom stereocenters. The molecule has 58 heavy (non-hydrogen) atoms. The highest BCUT2D eigenvalue weighted by Gasteiger charge is 2.62. The van der Waals surface area contributed by atoms with E-state index in [9.17, 15) is 27.6 Å². The van der Waals surface area contributed by atoms with Gasteiger partial charge in [-0.1, -0.05) is 49.3 Å².